The zero-order valence-electron chi connectivity index (χ0n) is 5.75. The molecule has 2 nitrogen and oxygen atoms in total. The van der Waals surface area contributed by atoms with Gasteiger partial charge in [-0.1, -0.05) is 0 Å². The lowest BCUT2D eigenvalue weighted by Crippen LogP contribution is -2.25. The van der Waals surface area contributed by atoms with Crippen LogP contribution in [0, 0.1) is 5.92 Å². The molecular formula is C7H11FO2. The Balaban J connectivity index is 2.30. The summed E-state index contributed by atoms with van der Waals surface area (Å²) in [5.74, 6) is -0.0914. The fraction of sp³-hybridized carbons (Fsp3) is 0.857. The molecule has 1 atom stereocenters. The number of halogens is 1. The SMILES string of the molecule is O=CC(F)C1CCOCC1. The molecule has 0 bridgehead atoms. The second-order valence-corrected chi connectivity index (χ2v) is 2.53. The van der Waals surface area contributed by atoms with Gasteiger partial charge in [0.1, 0.15) is 0 Å². The molecule has 1 saturated heterocycles. The Kier molecular flexibility index (Phi) is 2.81. The van der Waals surface area contributed by atoms with Crippen LogP contribution in [0.3, 0.4) is 0 Å². The monoisotopic (exact) mass is 146 g/mol. The van der Waals surface area contributed by atoms with Crippen LogP contribution in [0.1, 0.15) is 12.8 Å². The molecule has 1 rings (SSSR count). The number of rotatable bonds is 2. The van der Waals surface area contributed by atoms with E-state index in [4.69, 9.17) is 4.74 Å². The third kappa shape index (κ3) is 1.77. The highest BCUT2D eigenvalue weighted by Crippen LogP contribution is 2.19. The van der Waals surface area contributed by atoms with Crippen LogP contribution in [-0.4, -0.2) is 25.7 Å². The first-order chi connectivity index (χ1) is 4.84. The summed E-state index contributed by atoms with van der Waals surface area (Å²) in [7, 11) is 0. The topological polar surface area (TPSA) is 26.3 Å². The average molecular weight is 146 g/mol. The number of alkyl halides is 1. The number of hydrogen-bond donors (Lipinski definition) is 0. The fourth-order valence-corrected chi connectivity index (χ4v) is 1.15. The Morgan fingerprint density at radius 1 is 1.50 bits per heavy atom. The molecule has 1 aliphatic rings. The summed E-state index contributed by atoms with van der Waals surface area (Å²) in [6.45, 7) is 1.19. The predicted octanol–water partition coefficient (Wildman–Crippen LogP) is 0.950. The third-order valence-electron chi connectivity index (χ3n) is 1.85. The first kappa shape index (κ1) is 7.66. The summed E-state index contributed by atoms with van der Waals surface area (Å²) >= 11 is 0. The summed E-state index contributed by atoms with van der Waals surface area (Å²) in [5, 5.41) is 0. The van der Waals surface area contributed by atoms with Crippen molar-refractivity contribution >= 4 is 6.29 Å². The predicted molar refractivity (Wildman–Crippen MR) is 34.5 cm³/mol. The second-order valence-electron chi connectivity index (χ2n) is 2.53. The van der Waals surface area contributed by atoms with Gasteiger partial charge in [0.15, 0.2) is 12.5 Å². The Morgan fingerprint density at radius 3 is 2.60 bits per heavy atom. The molecule has 1 unspecified atom stereocenters. The van der Waals surface area contributed by atoms with Gasteiger partial charge in [0.25, 0.3) is 0 Å². The largest absolute Gasteiger partial charge is 0.381 e. The maximum absolute atomic E-state index is 12.6. The smallest absolute Gasteiger partial charge is 0.158 e. The highest BCUT2D eigenvalue weighted by Gasteiger charge is 2.22. The minimum Gasteiger partial charge on any atom is -0.381 e. The minimum absolute atomic E-state index is 0.0914. The van der Waals surface area contributed by atoms with E-state index in [0.29, 0.717) is 32.3 Å². The second kappa shape index (κ2) is 3.66. The number of aldehydes is 1. The zero-order chi connectivity index (χ0) is 7.40. The summed E-state index contributed by atoms with van der Waals surface area (Å²) < 4.78 is 17.6. The molecular weight excluding hydrogens is 135 g/mol. The summed E-state index contributed by atoms with van der Waals surface area (Å²) in [6.07, 6.45) is 0.472. The maximum atomic E-state index is 12.6. The van der Waals surface area contributed by atoms with Crippen molar-refractivity contribution in [1.29, 1.82) is 0 Å². The zero-order valence-corrected chi connectivity index (χ0v) is 5.75. The van der Waals surface area contributed by atoms with E-state index in [1.165, 1.54) is 0 Å². The Labute approximate surface area is 59.4 Å². The van der Waals surface area contributed by atoms with Gasteiger partial charge in [-0.25, -0.2) is 4.39 Å². The molecule has 0 saturated carbocycles. The number of carbonyl (C=O) groups excluding carboxylic acids is 1. The lowest BCUT2D eigenvalue weighted by molar-refractivity contribution is -0.114. The van der Waals surface area contributed by atoms with Gasteiger partial charge in [0, 0.05) is 19.1 Å². The fourth-order valence-electron chi connectivity index (χ4n) is 1.15. The third-order valence-corrected chi connectivity index (χ3v) is 1.85. The van der Waals surface area contributed by atoms with E-state index in [2.05, 4.69) is 0 Å². The highest BCUT2D eigenvalue weighted by molar-refractivity contribution is 5.56. The van der Waals surface area contributed by atoms with Crippen molar-refractivity contribution in [3.63, 3.8) is 0 Å². The van der Waals surface area contributed by atoms with Crippen LogP contribution < -0.4 is 0 Å². The molecule has 0 spiro atoms. The molecule has 0 radical (unpaired) electrons. The van der Waals surface area contributed by atoms with Crippen LogP contribution in [0.2, 0.25) is 0 Å². The molecule has 0 aromatic rings. The van der Waals surface area contributed by atoms with E-state index in [0.717, 1.165) is 0 Å². The van der Waals surface area contributed by atoms with Gasteiger partial charge in [0.2, 0.25) is 0 Å². The summed E-state index contributed by atoms with van der Waals surface area (Å²) in [4.78, 5) is 9.99. The van der Waals surface area contributed by atoms with Gasteiger partial charge in [-0.15, -0.1) is 0 Å². The van der Waals surface area contributed by atoms with Gasteiger partial charge in [-0.2, -0.15) is 0 Å². The lowest BCUT2D eigenvalue weighted by Gasteiger charge is -2.21. The first-order valence-corrected chi connectivity index (χ1v) is 3.51. The number of carbonyl (C=O) groups is 1. The van der Waals surface area contributed by atoms with Crippen molar-refractivity contribution in [1.82, 2.24) is 0 Å². The number of ether oxygens (including phenoxy) is 1. The Hall–Kier alpha value is -0.440. The van der Waals surface area contributed by atoms with Crippen molar-refractivity contribution in [3.05, 3.63) is 0 Å². The van der Waals surface area contributed by atoms with E-state index in [1.807, 2.05) is 0 Å². The van der Waals surface area contributed by atoms with Crippen molar-refractivity contribution in [2.75, 3.05) is 13.2 Å². The maximum Gasteiger partial charge on any atom is 0.158 e. The van der Waals surface area contributed by atoms with Gasteiger partial charge in [-0.05, 0) is 12.8 Å². The Morgan fingerprint density at radius 2 is 2.10 bits per heavy atom. The van der Waals surface area contributed by atoms with E-state index >= 15 is 0 Å². The molecule has 0 aromatic heterocycles. The summed E-state index contributed by atoms with van der Waals surface area (Å²) in [5.41, 5.74) is 0. The molecule has 0 N–H and O–H groups in total. The van der Waals surface area contributed by atoms with E-state index < -0.39 is 6.17 Å². The van der Waals surface area contributed by atoms with Crippen LogP contribution in [0.25, 0.3) is 0 Å². The normalized spacial score (nSPS) is 24.1. The standard InChI is InChI=1S/C7H11FO2/c8-7(5-9)6-1-3-10-4-2-6/h5-7H,1-4H2. The molecule has 10 heavy (non-hydrogen) atoms. The molecule has 0 amide bonds. The number of hydrogen-bond acceptors (Lipinski definition) is 2. The minimum atomic E-state index is -1.27. The van der Waals surface area contributed by atoms with Crippen LogP contribution in [-0.2, 0) is 9.53 Å². The van der Waals surface area contributed by atoms with Gasteiger partial charge < -0.3 is 9.53 Å². The van der Waals surface area contributed by atoms with Crippen molar-refractivity contribution < 1.29 is 13.9 Å². The highest BCUT2D eigenvalue weighted by atomic mass is 19.1. The molecule has 3 heteroatoms. The van der Waals surface area contributed by atoms with Crippen molar-refractivity contribution in [2.45, 2.75) is 19.0 Å². The molecule has 0 aliphatic carbocycles. The van der Waals surface area contributed by atoms with E-state index in [-0.39, 0.29) is 5.92 Å². The van der Waals surface area contributed by atoms with Crippen LogP contribution >= 0.6 is 0 Å². The molecule has 58 valence electrons. The van der Waals surface area contributed by atoms with Gasteiger partial charge in [0.05, 0.1) is 0 Å². The molecule has 1 fully saturated rings. The van der Waals surface area contributed by atoms with E-state index in [9.17, 15) is 9.18 Å². The lowest BCUT2D eigenvalue weighted by atomic mass is 9.96. The molecule has 0 aromatic carbocycles. The van der Waals surface area contributed by atoms with E-state index in [1.54, 1.807) is 0 Å². The van der Waals surface area contributed by atoms with Crippen molar-refractivity contribution in [2.24, 2.45) is 5.92 Å². The van der Waals surface area contributed by atoms with Crippen molar-refractivity contribution in [3.8, 4) is 0 Å². The van der Waals surface area contributed by atoms with Gasteiger partial charge >= 0.3 is 0 Å². The van der Waals surface area contributed by atoms with Crippen LogP contribution in [0.15, 0.2) is 0 Å². The average Bonchev–Trinajstić information content (AvgIpc) is 2.05. The quantitative estimate of drug-likeness (QED) is 0.542. The van der Waals surface area contributed by atoms with Crippen LogP contribution in [0.5, 0.6) is 0 Å². The van der Waals surface area contributed by atoms with Crippen LogP contribution in [0.4, 0.5) is 4.39 Å². The summed E-state index contributed by atoms with van der Waals surface area (Å²) in [6, 6.07) is 0. The molecule has 1 heterocycles. The Bertz CT molecular complexity index is 110. The molecule has 1 aliphatic heterocycles. The van der Waals surface area contributed by atoms with Gasteiger partial charge in [-0.3, -0.25) is 0 Å². The first-order valence-electron chi connectivity index (χ1n) is 3.51.